The summed E-state index contributed by atoms with van der Waals surface area (Å²) in [6.45, 7) is 2.47. The average molecular weight is 443 g/mol. The summed E-state index contributed by atoms with van der Waals surface area (Å²) in [6.07, 6.45) is 0. The molecule has 0 N–H and O–H groups in total. The highest BCUT2D eigenvalue weighted by atomic mass is 79.9. The van der Waals surface area contributed by atoms with Gasteiger partial charge in [0.25, 0.3) is 0 Å². The van der Waals surface area contributed by atoms with E-state index in [2.05, 4.69) is 15.9 Å². The molecule has 1 aliphatic heterocycles. The van der Waals surface area contributed by atoms with Gasteiger partial charge in [-0.3, -0.25) is 9.69 Å². The van der Waals surface area contributed by atoms with Gasteiger partial charge in [0.1, 0.15) is 5.37 Å². The molecule has 0 aromatic heterocycles. The number of anilines is 1. The topological polar surface area (TPSA) is 38.8 Å². The lowest BCUT2D eigenvalue weighted by molar-refractivity contribution is -0.115. The van der Waals surface area contributed by atoms with Crippen molar-refractivity contribution in [3.05, 3.63) is 51.5 Å². The Kier molecular flexibility index (Phi) is 5.81. The number of hydrogen-bond acceptors (Lipinski definition) is 4. The quantitative estimate of drug-likeness (QED) is 0.631. The molecule has 2 aromatic rings. The maximum atomic E-state index is 12.5. The highest BCUT2D eigenvalue weighted by Crippen LogP contribution is 2.46. The predicted octanol–water partition coefficient (Wildman–Crippen LogP) is 5.29. The molecule has 0 saturated carbocycles. The molecular weight excluding hydrogens is 426 g/mol. The van der Waals surface area contributed by atoms with Crippen LogP contribution in [0, 0.1) is 0 Å². The van der Waals surface area contributed by atoms with E-state index in [1.54, 1.807) is 35.9 Å². The molecule has 0 unspecified atom stereocenters. The number of hydrogen-bond donors (Lipinski definition) is 0. The van der Waals surface area contributed by atoms with Crippen LogP contribution in [0.1, 0.15) is 17.9 Å². The van der Waals surface area contributed by atoms with Crippen molar-refractivity contribution < 1.29 is 14.3 Å². The molecule has 1 saturated heterocycles. The minimum atomic E-state index is -0.130. The van der Waals surface area contributed by atoms with Gasteiger partial charge in [0, 0.05) is 10.7 Å². The summed E-state index contributed by atoms with van der Waals surface area (Å²) in [4.78, 5) is 14.3. The van der Waals surface area contributed by atoms with Gasteiger partial charge in [-0.1, -0.05) is 11.6 Å². The molecule has 3 rings (SSSR count). The Bertz CT molecular complexity index is 785. The second-order valence-electron chi connectivity index (χ2n) is 5.37. The normalized spacial score (nSPS) is 17.0. The Balaban J connectivity index is 2.01. The molecule has 1 fully saturated rings. The fourth-order valence-electron chi connectivity index (χ4n) is 2.72. The van der Waals surface area contributed by atoms with Crippen molar-refractivity contribution >= 4 is 50.9 Å². The number of rotatable bonds is 5. The number of nitrogens with zero attached hydrogens (tertiary/aromatic N) is 1. The van der Waals surface area contributed by atoms with Crippen molar-refractivity contribution in [2.45, 2.75) is 12.3 Å². The first-order valence-corrected chi connectivity index (χ1v) is 9.96. The number of thioether (sulfide) groups is 1. The van der Waals surface area contributed by atoms with Crippen molar-refractivity contribution in [1.29, 1.82) is 0 Å². The predicted molar refractivity (Wildman–Crippen MR) is 106 cm³/mol. The molecule has 1 atom stereocenters. The maximum absolute atomic E-state index is 12.5. The number of benzene rings is 2. The van der Waals surface area contributed by atoms with Gasteiger partial charge >= 0.3 is 0 Å². The van der Waals surface area contributed by atoms with E-state index >= 15 is 0 Å². The van der Waals surface area contributed by atoms with Crippen molar-refractivity contribution in [2.75, 3.05) is 24.4 Å². The number of halogens is 2. The van der Waals surface area contributed by atoms with E-state index in [9.17, 15) is 4.79 Å². The maximum Gasteiger partial charge on any atom is 0.238 e. The zero-order chi connectivity index (χ0) is 18.0. The van der Waals surface area contributed by atoms with Crippen LogP contribution in [0.2, 0.25) is 5.02 Å². The van der Waals surface area contributed by atoms with Gasteiger partial charge in [-0.05, 0) is 64.8 Å². The lowest BCUT2D eigenvalue weighted by Gasteiger charge is -2.25. The lowest BCUT2D eigenvalue weighted by Crippen LogP contribution is -2.27. The van der Waals surface area contributed by atoms with Crippen LogP contribution in [0.15, 0.2) is 40.9 Å². The summed E-state index contributed by atoms with van der Waals surface area (Å²) in [5, 5.41) is 0.514. The lowest BCUT2D eigenvalue weighted by atomic mass is 10.1. The van der Waals surface area contributed by atoms with Crippen LogP contribution >= 0.6 is 39.3 Å². The second kappa shape index (κ2) is 7.89. The van der Waals surface area contributed by atoms with E-state index < -0.39 is 0 Å². The zero-order valence-electron chi connectivity index (χ0n) is 13.8. The van der Waals surface area contributed by atoms with Crippen LogP contribution in [0.3, 0.4) is 0 Å². The van der Waals surface area contributed by atoms with Crippen LogP contribution in [0.25, 0.3) is 0 Å². The van der Waals surface area contributed by atoms with Gasteiger partial charge in [-0.2, -0.15) is 0 Å². The van der Waals surface area contributed by atoms with Crippen molar-refractivity contribution in [2.24, 2.45) is 0 Å². The fraction of sp³-hybridized carbons (Fsp3) is 0.278. The number of carbonyl (C=O) groups excluding carboxylic acids is 1. The average Bonchev–Trinajstić information content (AvgIpc) is 2.99. The first-order chi connectivity index (χ1) is 12.0. The van der Waals surface area contributed by atoms with Gasteiger partial charge in [0.15, 0.2) is 11.5 Å². The Hall–Kier alpha value is -1.37. The Morgan fingerprint density at radius 2 is 2.04 bits per heavy atom. The molecule has 7 heteroatoms. The van der Waals surface area contributed by atoms with Crippen LogP contribution in [-0.2, 0) is 4.79 Å². The van der Waals surface area contributed by atoms with E-state index in [0.717, 1.165) is 15.7 Å². The van der Waals surface area contributed by atoms with E-state index in [4.69, 9.17) is 21.1 Å². The largest absolute Gasteiger partial charge is 0.493 e. The molecule has 2 aromatic carbocycles. The third-order valence-electron chi connectivity index (χ3n) is 3.80. The molecule has 1 amide bonds. The van der Waals surface area contributed by atoms with Crippen molar-refractivity contribution in [3.63, 3.8) is 0 Å². The summed E-state index contributed by atoms with van der Waals surface area (Å²) in [7, 11) is 1.61. The molecule has 1 aliphatic rings. The summed E-state index contributed by atoms with van der Waals surface area (Å²) < 4.78 is 11.9. The number of carbonyl (C=O) groups is 1. The highest BCUT2D eigenvalue weighted by Gasteiger charge is 2.35. The van der Waals surface area contributed by atoms with Gasteiger partial charge in [0.2, 0.25) is 5.91 Å². The Morgan fingerprint density at radius 1 is 1.32 bits per heavy atom. The first kappa shape index (κ1) is 18.4. The third kappa shape index (κ3) is 3.76. The Labute approximate surface area is 164 Å². The van der Waals surface area contributed by atoms with Crippen LogP contribution in [-0.4, -0.2) is 25.4 Å². The highest BCUT2D eigenvalue weighted by molar-refractivity contribution is 9.10. The van der Waals surface area contributed by atoms with Crippen molar-refractivity contribution in [3.8, 4) is 11.5 Å². The molecule has 0 spiro atoms. The fourth-order valence-corrected chi connectivity index (χ4v) is 4.57. The van der Waals surface area contributed by atoms with Crippen LogP contribution in [0.5, 0.6) is 11.5 Å². The van der Waals surface area contributed by atoms with Gasteiger partial charge in [-0.15, -0.1) is 11.8 Å². The van der Waals surface area contributed by atoms with Crippen molar-refractivity contribution in [1.82, 2.24) is 0 Å². The summed E-state index contributed by atoms with van der Waals surface area (Å²) >= 11 is 11.1. The minimum absolute atomic E-state index is 0.0706. The second-order valence-corrected chi connectivity index (χ2v) is 7.73. The number of amides is 1. The minimum Gasteiger partial charge on any atom is -0.493 e. The standard InChI is InChI=1S/C18H17BrClNO3S/c1-3-24-17-14(19)8-11(9-15(17)23-2)18-21(16(22)10-25-18)13-6-4-12(20)5-7-13/h4-9,18H,3,10H2,1-2H3/t18-/m0/s1. The van der Waals surface area contributed by atoms with Gasteiger partial charge < -0.3 is 9.47 Å². The molecule has 132 valence electrons. The summed E-state index contributed by atoms with van der Waals surface area (Å²) in [5.41, 5.74) is 1.80. The monoisotopic (exact) mass is 441 g/mol. The molecule has 0 bridgehead atoms. The third-order valence-corrected chi connectivity index (χ3v) is 5.85. The van der Waals surface area contributed by atoms with E-state index in [1.807, 2.05) is 31.2 Å². The van der Waals surface area contributed by atoms with E-state index in [1.165, 1.54) is 0 Å². The molecule has 25 heavy (non-hydrogen) atoms. The van der Waals surface area contributed by atoms with E-state index in [-0.39, 0.29) is 11.3 Å². The molecule has 0 radical (unpaired) electrons. The van der Waals surface area contributed by atoms with E-state index in [0.29, 0.717) is 28.9 Å². The number of ether oxygens (including phenoxy) is 2. The van der Waals surface area contributed by atoms with Gasteiger partial charge in [0.05, 0.1) is 23.9 Å². The summed E-state index contributed by atoms with van der Waals surface area (Å²) in [6, 6.07) is 11.2. The molecular formula is C18H17BrClNO3S. The molecule has 4 nitrogen and oxygen atoms in total. The van der Waals surface area contributed by atoms with Crippen LogP contribution < -0.4 is 14.4 Å². The summed E-state index contributed by atoms with van der Waals surface area (Å²) in [5.74, 6) is 1.81. The molecule has 0 aliphatic carbocycles. The number of methoxy groups -OCH3 is 1. The Morgan fingerprint density at radius 3 is 2.68 bits per heavy atom. The SMILES string of the molecule is CCOc1c(Br)cc([C@@H]2SCC(=O)N2c2ccc(Cl)cc2)cc1OC. The van der Waals surface area contributed by atoms with Crippen LogP contribution in [0.4, 0.5) is 5.69 Å². The first-order valence-electron chi connectivity index (χ1n) is 7.74. The molecule has 1 heterocycles. The smallest absolute Gasteiger partial charge is 0.238 e. The zero-order valence-corrected chi connectivity index (χ0v) is 17.0. The van der Waals surface area contributed by atoms with Gasteiger partial charge in [-0.25, -0.2) is 0 Å².